The predicted octanol–water partition coefficient (Wildman–Crippen LogP) is 2.70. The number of nitrogens with one attached hydrogen (secondary N) is 1. The lowest BCUT2D eigenvalue weighted by Gasteiger charge is -2.32. The lowest BCUT2D eigenvalue weighted by atomic mass is 10.0. The third-order valence-electron chi connectivity index (χ3n) is 3.33. The Morgan fingerprint density at radius 3 is 2.86 bits per heavy atom. The Labute approximate surface area is 121 Å². The largest absolute Gasteiger partial charge is 0.410 e. The summed E-state index contributed by atoms with van der Waals surface area (Å²) in [6.07, 6.45) is -4.63. The average Bonchev–Trinajstić information content (AvgIpc) is 3.05. The molecule has 0 aliphatic carbocycles. The minimum Gasteiger partial charge on any atom is -0.364 e. The summed E-state index contributed by atoms with van der Waals surface area (Å²) in [5.41, 5.74) is 4.91. The SMILES string of the molecule is NC(=O)c1cc2n(n1)[C@@H](C(F)(F)F)C[C@H](c1cccs1)N2. The van der Waals surface area contributed by atoms with Crippen molar-refractivity contribution in [3.63, 3.8) is 0 Å². The molecule has 112 valence electrons. The summed E-state index contributed by atoms with van der Waals surface area (Å²) >= 11 is 1.38. The molecule has 0 aromatic carbocycles. The molecule has 0 saturated carbocycles. The number of carbonyl (C=O) groups excluding carboxylic acids is 1. The zero-order chi connectivity index (χ0) is 15.2. The van der Waals surface area contributed by atoms with Crippen LogP contribution in [0.1, 0.15) is 33.9 Å². The first-order chi connectivity index (χ1) is 9.86. The van der Waals surface area contributed by atoms with E-state index in [-0.39, 0.29) is 17.9 Å². The van der Waals surface area contributed by atoms with E-state index >= 15 is 0 Å². The number of rotatable bonds is 2. The van der Waals surface area contributed by atoms with Crippen LogP contribution in [0.2, 0.25) is 0 Å². The molecule has 5 nitrogen and oxygen atoms in total. The van der Waals surface area contributed by atoms with E-state index in [9.17, 15) is 18.0 Å². The second-order valence-electron chi connectivity index (χ2n) is 4.73. The number of halogens is 3. The minimum absolute atomic E-state index is 0.149. The molecule has 0 radical (unpaired) electrons. The van der Waals surface area contributed by atoms with Crippen LogP contribution in [0.5, 0.6) is 0 Å². The van der Waals surface area contributed by atoms with Crippen LogP contribution in [0.25, 0.3) is 0 Å². The van der Waals surface area contributed by atoms with Gasteiger partial charge in [-0.25, -0.2) is 4.68 Å². The Morgan fingerprint density at radius 1 is 1.52 bits per heavy atom. The molecule has 0 bridgehead atoms. The maximum atomic E-state index is 13.2. The molecule has 0 fully saturated rings. The number of anilines is 1. The molecule has 1 aliphatic heterocycles. The van der Waals surface area contributed by atoms with E-state index in [1.54, 1.807) is 17.5 Å². The molecule has 1 amide bonds. The van der Waals surface area contributed by atoms with E-state index in [1.807, 2.05) is 0 Å². The number of hydrogen-bond acceptors (Lipinski definition) is 4. The van der Waals surface area contributed by atoms with Crippen LogP contribution in [-0.2, 0) is 0 Å². The smallest absolute Gasteiger partial charge is 0.364 e. The van der Waals surface area contributed by atoms with Gasteiger partial charge in [-0.3, -0.25) is 4.79 Å². The number of aromatic nitrogens is 2. The summed E-state index contributed by atoms with van der Waals surface area (Å²) in [5.74, 6) is -0.705. The molecule has 0 spiro atoms. The normalized spacial score (nSPS) is 21.7. The lowest BCUT2D eigenvalue weighted by Crippen LogP contribution is -2.35. The first kappa shape index (κ1) is 13.9. The number of primary amides is 1. The number of carbonyl (C=O) groups is 1. The fraction of sp³-hybridized carbons (Fsp3) is 0.333. The summed E-state index contributed by atoms with van der Waals surface area (Å²) in [6.45, 7) is 0. The highest BCUT2D eigenvalue weighted by Gasteiger charge is 2.46. The number of thiophene rings is 1. The maximum Gasteiger partial charge on any atom is 0.410 e. The molecular formula is C12H11F3N4OS. The Kier molecular flexibility index (Phi) is 3.16. The van der Waals surface area contributed by atoms with Gasteiger partial charge in [-0.2, -0.15) is 18.3 Å². The van der Waals surface area contributed by atoms with Gasteiger partial charge in [0.05, 0.1) is 6.04 Å². The summed E-state index contributed by atoms with van der Waals surface area (Å²) in [7, 11) is 0. The number of nitrogens with zero attached hydrogens (tertiary/aromatic N) is 2. The van der Waals surface area contributed by atoms with Crippen LogP contribution in [0, 0.1) is 0 Å². The Balaban J connectivity index is 2.03. The van der Waals surface area contributed by atoms with Crippen molar-refractivity contribution in [2.24, 2.45) is 5.73 Å². The van der Waals surface area contributed by atoms with Gasteiger partial charge in [0.15, 0.2) is 11.7 Å². The predicted molar refractivity (Wildman–Crippen MR) is 71.1 cm³/mol. The Hall–Kier alpha value is -2.03. The molecule has 3 heterocycles. The summed E-state index contributed by atoms with van der Waals surface area (Å²) < 4.78 is 40.5. The van der Waals surface area contributed by atoms with Gasteiger partial charge in [-0.15, -0.1) is 11.3 Å². The van der Waals surface area contributed by atoms with Crippen LogP contribution in [0.4, 0.5) is 19.0 Å². The molecule has 2 aromatic heterocycles. The number of amides is 1. The van der Waals surface area contributed by atoms with Crippen molar-refractivity contribution >= 4 is 23.1 Å². The van der Waals surface area contributed by atoms with Gasteiger partial charge in [-0.05, 0) is 11.4 Å². The van der Waals surface area contributed by atoms with Gasteiger partial charge in [0, 0.05) is 17.4 Å². The van der Waals surface area contributed by atoms with Crippen molar-refractivity contribution in [2.75, 3.05) is 5.32 Å². The highest BCUT2D eigenvalue weighted by atomic mass is 32.1. The number of alkyl halides is 3. The van der Waals surface area contributed by atoms with E-state index in [4.69, 9.17) is 5.73 Å². The van der Waals surface area contributed by atoms with Crippen molar-refractivity contribution < 1.29 is 18.0 Å². The third kappa shape index (κ3) is 2.48. The van der Waals surface area contributed by atoms with Gasteiger partial charge in [0.2, 0.25) is 0 Å². The Bertz CT molecular complexity index is 665. The number of nitrogens with two attached hydrogens (primary N) is 1. The van der Waals surface area contributed by atoms with E-state index in [0.29, 0.717) is 0 Å². The van der Waals surface area contributed by atoms with Crippen LogP contribution in [0.3, 0.4) is 0 Å². The minimum atomic E-state index is -4.45. The van der Waals surface area contributed by atoms with Crippen molar-refractivity contribution in [1.82, 2.24) is 9.78 Å². The third-order valence-corrected chi connectivity index (χ3v) is 4.31. The zero-order valence-electron chi connectivity index (χ0n) is 10.6. The van der Waals surface area contributed by atoms with Crippen molar-refractivity contribution in [3.05, 3.63) is 34.2 Å². The molecule has 0 saturated heterocycles. The monoisotopic (exact) mass is 316 g/mol. The summed E-state index contributed by atoms with van der Waals surface area (Å²) in [6, 6.07) is 2.55. The van der Waals surface area contributed by atoms with Crippen molar-refractivity contribution in [2.45, 2.75) is 24.7 Å². The van der Waals surface area contributed by atoms with Crippen LogP contribution >= 0.6 is 11.3 Å². The van der Waals surface area contributed by atoms with Gasteiger partial charge in [0.25, 0.3) is 5.91 Å². The Morgan fingerprint density at radius 2 is 2.29 bits per heavy atom. The molecule has 3 N–H and O–H groups in total. The highest BCUT2D eigenvalue weighted by molar-refractivity contribution is 7.10. The summed E-state index contributed by atoms with van der Waals surface area (Å²) in [5, 5.41) is 8.46. The molecule has 0 unspecified atom stereocenters. The molecule has 3 rings (SSSR count). The standard InChI is InChI=1S/C12H11F3N4OS/c13-12(14,15)9-4-6(8-2-1-3-21-8)17-10-5-7(11(16)20)18-19(9)10/h1-3,5-6,9,17H,4H2,(H2,16,20)/t6-,9-/m1/s1. The van der Waals surface area contributed by atoms with Gasteiger partial charge < -0.3 is 11.1 Å². The lowest BCUT2D eigenvalue weighted by molar-refractivity contribution is -0.173. The second-order valence-corrected chi connectivity index (χ2v) is 5.71. The van der Waals surface area contributed by atoms with E-state index in [2.05, 4.69) is 10.4 Å². The number of hydrogen-bond donors (Lipinski definition) is 2. The average molecular weight is 316 g/mol. The topological polar surface area (TPSA) is 72.9 Å². The zero-order valence-corrected chi connectivity index (χ0v) is 11.4. The van der Waals surface area contributed by atoms with E-state index < -0.39 is 24.2 Å². The maximum absolute atomic E-state index is 13.2. The first-order valence-electron chi connectivity index (χ1n) is 6.12. The van der Waals surface area contributed by atoms with Gasteiger partial charge >= 0.3 is 6.18 Å². The van der Waals surface area contributed by atoms with Crippen molar-refractivity contribution in [1.29, 1.82) is 0 Å². The second kappa shape index (κ2) is 4.76. The van der Waals surface area contributed by atoms with Gasteiger partial charge in [-0.1, -0.05) is 6.07 Å². The number of fused-ring (bicyclic) bond motifs is 1. The fourth-order valence-corrected chi connectivity index (χ4v) is 3.16. The van der Waals surface area contributed by atoms with Crippen LogP contribution in [-0.4, -0.2) is 21.9 Å². The van der Waals surface area contributed by atoms with Gasteiger partial charge in [0.1, 0.15) is 5.82 Å². The van der Waals surface area contributed by atoms with E-state index in [1.165, 1.54) is 17.4 Å². The molecule has 21 heavy (non-hydrogen) atoms. The fourth-order valence-electron chi connectivity index (χ4n) is 2.37. The molecule has 2 atom stereocenters. The molecular weight excluding hydrogens is 305 g/mol. The summed E-state index contributed by atoms with van der Waals surface area (Å²) in [4.78, 5) is 11.9. The molecule has 2 aromatic rings. The molecule has 1 aliphatic rings. The van der Waals surface area contributed by atoms with E-state index in [0.717, 1.165) is 9.56 Å². The van der Waals surface area contributed by atoms with Crippen LogP contribution in [0.15, 0.2) is 23.6 Å². The van der Waals surface area contributed by atoms with Crippen molar-refractivity contribution in [3.8, 4) is 0 Å². The molecule has 9 heteroatoms. The quantitative estimate of drug-likeness (QED) is 0.894. The van der Waals surface area contributed by atoms with Crippen LogP contribution < -0.4 is 11.1 Å². The highest BCUT2D eigenvalue weighted by Crippen LogP contribution is 2.44. The first-order valence-corrected chi connectivity index (χ1v) is 7.00.